The van der Waals surface area contributed by atoms with Gasteiger partial charge in [0.2, 0.25) is 5.91 Å². The first kappa shape index (κ1) is 35.2. The van der Waals surface area contributed by atoms with Gasteiger partial charge in [-0.2, -0.15) is 0 Å². The monoisotopic (exact) mass is 550 g/mol. The van der Waals surface area contributed by atoms with E-state index in [9.17, 15) is 24.0 Å². The van der Waals surface area contributed by atoms with Crippen molar-refractivity contribution in [2.24, 2.45) is 0 Å². The number of aliphatic carboxylic acids is 1. The third-order valence-corrected chi connectivity index (χ3v) is 4.40. The average Bonchev–Trinajstić information content (AvgIpc) is 2.83. The maximum absolute atomic E-state index is 12.1. The Labute approximate surface area is 223 Å². The third-order valence-electron chi connectivity index (χ3n) is 4.40. The fourth-order valence-corrected chi connectivity index (χ4v) is 2.72. The van der Waals surface area contributed by atoms with Gasteiger partial charge in [0.25, 0.3) is 0 Å². The van der Waals surface area contributed by atoms with Crippen LogP contribution in [0.15, 0.2) is 0 Å². The highest BCUT2D eigenvalue weighted by atomic mass is 16.6. The van der Waals surface area contributed by atoms with Crippen LogP contribution in [0.25, 0.3) is 0 Å². The Balaban J connectivity index is 3.78. The number of carboxylic acid groups (broad SMARTS) is 1. The van der Waals surface area contributed by atoms with Gasteiger partial charge in [0.1, 0.15) is 30.6 Å². The quantitative estimate of drug-likeness (QED) is 0.125. The van der Waals surface area contributed by atoms with Gasteiger partial charge >= 0.3 is 18.0 Å². The summed E-state index contributed by atoms with van der Waals surface area (Å²) < 4.78 is 30.4. The molecule has 14 heteroatoms. The van der Waals surface area contributed by atoms with Crippen LogP contribution < -0.4 is 10.6 Å². The molecule has 0 saturated carbocycles. The average molecular weight is 551 g/mol. The van der Waals surface area contributed by atoms with E-state index in [1.165, 1.54) is 7.11 Å². The molecule has 2 amide bonds. The van der Waals surface area contributed by atoms with Crippen molar-refractivity contribution in [2.45, 2.75) is 58.1 Å². The Morgan fingerprint density at radius 3 is 2.03 bits per heavy atom. The normalized spacial score (nSPS) is 11.9. The number of amides is 2. The van der Waals surface area contributed by atoms with Crippen molar-refractivity contribution in [1.82, 2.24) is 10.6 Å². The summed E-state index contributed by atoms with van der Waals surface area (Å²) >= 11 is 0. The van der Waals surface area contributed by atoms with Gasteiger partial charge in [0, 0.05) is 26.0 Å². The predicted molar refractivity (Wildman–Crippen MR) is 133 cm³/mol. The minimum Gasteiger partial charge on any atom is -0.480 e. The van der Waals surface area contributed by atoms with Crippen LogP contribution in [-0.4, -0.2) is 113 Å². The van der Waals surface area contributed by atoms with Crippen molar-refractivity contribution in [3.05, 3.63) is 0 Å². The smallest absolute Gasteiger partial charge is 0.408 e. The van der Waals surface area contributed by atoms with Crippen molar-refractivity contribution < 1.29 is 57.5 Å². The molecule has 0 aliphatic rings. The molecule has 0 aromatic carbocycles. The topological polar surface area (TPSA) is 185 Å². The number of carboxylic acids is 1. The summed E-state index contributed by atoms with van der Waals surface area (Å²) in [5.74, 6) is -2.10. The summed E-state index contributed by atoms with van der Waals surface area (Å²) in [4.78, 5) is 57.8. The van der Waals surface area contributed by atoms with E-state index in [0.717, 1.165) is 0 Å². The van der Waals surface area contributed by atoms with E-state index >= 15 is 0 Å². The molecule has 0 saturated heterocycles. The van der Waals surface area contributed by atoms with Gasteiger partial charge in [-0.05, 0) is 33.6 Å². The highest BCUT2D eigenvalue weighted by Crippen LogP contribution is 2.09. The Morgan fingerprint density at radius 1 is 0.816 bits per heavy atom. The molecule has 0 aromatic heterocycles. The first-order valence-corrected chi connectivity index (χ1v) is 12.3. The number of methoxy groups -OCH3 is 1. The fraction of sp³-hybridized carbons (Fsp3) is 0.792. The van der Waals surface area contributed by atoms with Crippen LogP contribution in [0.5, 0.6) is 0 Å². The number of hydrogen-bond donors (Lipinski definition) is 3. The molecule has 0 heterocycles. The maximum Gasteiger partial charge on any atom is 0.408 e. The molecular formula is C24H42N2O12. The third kappa shape index (κ3) is 22.4. The maximum atomic E-state index is 12.1. The van der Waals surface area contributed by atoms with Crippen LogP contribution in [-0.2, 0) is 47.6 Å². The SMILES string of the molecule is COC(=O)[C@H](CCC(=O)CCCOCCOCC(=O)NCCOCCOCC(=O)O)NC(=O)OC(C)(C)C. The molecular weight excluding hydrogens is 508 g/mol. The number of nitrogens with one attached hydrogen (secondary N) is 2. The second-order valence-electron chi connectivity index (χ2n) is 8.98. The lowest BCUT2D eigenvalue weighted by Gasteiger charge is -2.22. The van der Waals surface area contributed by atoms with Gasteiger partial charge in [-0.15, -0.1) is 0 Å². The molecule has 220 valence electrons. The summed E-state index contributed by atoms with van der Waals surface area (Å²) in [7, 11) is 1.20. The van der Waals surface area contributed by atoms with Gasteiger partial charge < -0.3 is 44.2 Å². The zero-order valence-electron chi connectivity index (χ0n) is 22.7. The number of ketones is 1. The summed E-state index contributed by atoms with van der Waals surface area (Å²) in [6, 6.07) is -0.984. The highest BCUT2D eigenvalue weighted by molar-refractivity contribution is 5.83. The van der Waals surface area contributed by atoms with Crippen molar-refractivity contribution in [1.29, 1.82) is 0 Å². The van der Waals surface area contributed by atoms with E-state index in [-0.39, 0.29) is 83.7 Å². The number of Topliss-reactive ketones (excluding diaryl/α,β-unsaturated/α-hetero) is 1. The van der Waals surface area contributed by atoms with Gasteiger partial charge in [-0.3, -0.25) is 9.59 Å². The van der Waals surface area contributed by atoms with Crippen LogP contribution >= 0.6 is 0 Å². The molecule has 0 radical (unpaired) electrons. The summed E-state index contributed by atoms with van der Waals surface area (Å²) in [5, 5.41) is 13.4. The molecule has 0 rings (SSSR count). The van der Waals surface area contributed by atoms with Crippen LogP contribution in [0.4, 0.5) is 4.79 Å². The van der Waals surface area contributed by atoms with Gasteiger partial charge in [-0.1, -0.05) is 0 Å². The fourth-order valence-electron chi connectivity index (χ4n) is 2.72. The first-order valence-electron chi connectivity index (χ1n) is 12.3. The lowest BCUT2D eigenvalue weighted by Crippen LogP contribution is -2.44. The van der Waals surface area contributed by atoms with E-state index in [1.54, 1.807) is 20.8 Å². The minimum atomic E-state index is -1.05. The van der Waals surface area contributed by atoms with Crippen LogP contribution in [0.2, 0.25) is 0 Å². The Hall–Kier alpha value is -2.81. The Morgan fingerprint density at radius 2 is 1.42 bits per heavy atom. The number of rotatable bonds is 22. The lowest BCUT2D eigenvalue weighted by molar-refractivity contribution is -0.144. The number of ether oxygens (including phenoxy) is 6. The van der Waals surface area contributed by atoms with E-state index in [4.69, 9.17) is 28.8 Å². The molecule has 0 aliphatic heterocycles. The van der Waals surface area contributed by atoms with Crippen molar-refractivity contribution >= 4 is 29.7 Å². The zero-order chi connectivity index (χ0) is 28.8. The van der Waals surface area contributed by atoms with Crippen LogP contribution in [0.3, 0.4) is 0 Å². The molecule has 0 aromatic rings. The standard InChI is InChI=1S/C24H42N2O12/c1-24(2,3)38-23(32)26-19(22(31)33-4)8-7-18(27)6-5-10-34-12-14-36-16-20(28)25-9-11-35-13-15-37-17-21(29)30/h19H,5-17H2,1-4H3,(H,25,28)(H,26,32)(H,29,30)/t19-/m0/s1. The largest absolute Gasteiger partial charge is 0.480 e. The summed E-state index contributed by atoms with van der Waals surface area (Å²) in [6.07, 6.45) is 0.131. The van der Waals surface area contributed by atoms with E-state index in [2.05, 4.69) is 15.4 Å². The second-order valence-corrected chi connectivity index (χ2v) is 8.98. The molecule has 3 N–H and O–H groups in total. The highest BCUT2D eigenvalue weighted by Gasteiger charge is 2.25. The molecule has 38 heavy (non-hydrogen) atoms. The molecule has 0 fully saturated rings. The second kappa shape index (κ2) is 21.2. The predicted octanol–water partition coefficient (Wildman–Crippen LogP) is 0.449. The number of esters is 1. The Kier molecular flexibility index (Phi) is 19.6. The molecule has 1 atom stereocenters. The van der Waals surface area contributed by atoms with Gasteiger partial charge in [0.15, 0.2) is 0 Å². The lowest BCUT2D eigenvalue weighted by atomic mass is 10.1. The van der Waals surface area contributed by atoms with Crippen molar-refractivity contribution in [2.75, 3.05) is 66.5 Å². The van der Waals surface area contributed by atoms with Crippen molar-refractivity contribution in [3.63, 3.8) is 0 Å². The molecule has 0 spiro atoms. The molecule has 0 aliphatic carbocycles. The van der Waals surface area contributed by atoms with E-state index in [0.29, 0.717) is 13.0 Å². The minimum absolute atomic E-state index is 0.0807. The molecule has 0 bridgehead atoms. The molecule has 14 nitrogen and oxygen atoms in total. The number of carbonyl (C=O) groups excluding carboxylic acids is 4. The van der Waals surface area contributed by atoms with Crippen LogP contribution in [0, 0.1) is 0 Å². The number of hydrogen-bond acceptors (Lipinski definition) is 11. The zero-order valence-corrected chi connectivity index (χ0v) is 22.7. The van der Waals surface area contributed by atoms with Crippen molar-refractivity contribution in [3.8, 4) is 0 Å². The van der Waals surface area contributed by atoms with E-state index in [1.807, 2.05) is 0 Å². The summed E-state index contributed by atoms with van der Waals surface area (Å²) in [5.41, 5.74) is -0.725. The number of carbonyl (C=O) groups is 5. The Bertz CT molecular complexity index is 724. The van der Waals surface area contributed by atoms with E-state index < -0.39 is 29.7 Å². The van der Waals surface area contributed by atoms with Gasteiger partial charge in [0.05, 0.1) is 40.1 Å². The number of alkyl carbamates (subject to hydrolysis) is 1. The summed E-state index contributed by atoms with van der Waals surface area (Å²) in [6.45, 7) is 6.27. The molecule has 0 unspecified atom stereocenters. The van der Waals surface area contributed by atoms with Gasteiger partial charge in [-0.25, -0.2) is 14.4 Å². The first-order chi connectivity index (χ1) is 17.9. The van der Waals surface area contributed by atoms with Crippen LogP contribution in [0.1, 0.15) is 46.5 Å².